The maximum Gasteiger partial charge on any atom is 0.188 e. The Hall–Kier alpha value is -1.70. The number of nitrogens with zero attached hydrogens (tertiary/aromatic N) is 6. The summed E-state index contributed by atoms with van der Waals surface area (Å²) in [5.74, 6) is 0.876. The summed E-state index contributed by atoms with van der Waals surface area (Å²) in [5, 5.41) is 23.7. The SMILES string of the molecule is Cn1nnc(CN(CC(N)=NO)C2CCCC2)n1. The molecule has 1 saturated carbocycles. The molecule has 0 bridgehead atoms. The maximum atomic E-state index is 8.69. The van der Waals surface area contributed by atoms with E-state index in [1.165, 1.54) is 17.6 Å². The first-order valence-electron chi connectivity index (χ1n) is 6.12. The van der Waals surface area contributed by atoms with Crippen LogP contribution in [0.15, 0.2) is 5.16 Å². The van der Waals surface area contributed by atoms with Gasteiger partial charge in [0.05, 0.1) is 20.1 Å². The third kappa shape index (κ3) is 3.16. The van der Waals surface area contributed by atoms with E-state index in [-0.39, 0.29) is 5.84 Å². The van der Waals surface area contributed by atoms with Crippen LogP contribution in [0.3, 0.4) is 0 Å². The van der Waals surface area contributed by atoms with Gasteiger partial charge in [-0.15, -0.1) is 10.2 Å². The lowest BCUT2D eigenvalue weighted by atomic mass is 10.2. The molecule has 3 N–H and O–H groups in total. The summed E-state index contributed by atoms with van der Waals surface area (Å²) in [6, 6.07) is 0.453. The molecule has 0 atom stereocenters. The van der Waals surface area contributed by atoms with Crippen molar-refractivity contribution < 1.29 is 5.21 Å². The van der Waals surface area contributed by atoms with Gasteiger partial charge < -0.3 is 10.9 Å². The van der Waals surface area contributed by atoms with Crippen LogP contribution >= 0.6 is 0 Å². The highest BCUT2D eigenvalue weighted by Crippen LogP contribution is 2.24. The van der Waals surface area contributed by atoms with E-state index in [0.717, 1.165) is 12.8 Å². The summed E-state index contributed by atoms with van der Waals surface area (Å²) in [6.45, 7) is 1.01. The zero-order chi connectivity index (χ0) is 13.0. The lowest BCUT2D eigenvalue weighted by Crippen LogP contribution is -2.40. The molecule has 8 heteroatoms. The molecule has 0 aromatic carbocycles. The minimum absolute atomic E-state index is 0.214. The molecule has 0 spiro atoms. The Bertz CT molecular complexity index is 410. The molecule has 2 rings (SSSR count). The summed E-state index contributed by atoms with van der Waals surface area (Å²) >= 11 is 0. The van der Waals surface area contributed by atoms with Crippen LogP contribution in [0.25, 0.3) is 0 Å². The van der Waals surface area contributed by atoms with Crippen LogP contribution in [-0.2, 0) is 13.6 Å². The Balaban J connectivity index is 2.03. The van der Waals surface area contributed by atoms with Gasteiger partial charge in [0.15, 0.2) is 11.7 Å². The highest BCUT2D eigenvalue weighted by atomic mass is 16.4. The Kier molecular flexibility index (Phi) is 4.08. The zero-order valence-electron chi connectivity index (χ0n) is 10.5. The predicted octanol–water partition coefficient (Wildman–Crippen LogP) is -0.299. The molecule has 1 aromatic rings. The Labute approximate surface area is 105 Å². The molecule has 1 heterocycles. The van der Waals surface area contributed by atoms with Crippen molar-refractivity contribution in [1.29, 1.82) is 0 Å². The van der Waals surface area contributed by atoms with E-state index >= 15 is 0 Å². The van der Waals surface area contributed by atoms with Crippen molar-refractivity contribution in [3.8, 4) is 0 Å². The van der Waals surface area contributed by atoms with Gasteiger partial charge in [0.1, 0.15) is 0 Å². The van der Waals surface area contributed by atoms with Gasteiger partial charge in [-0.2, -0.15) is 4.80 Å². The number of rotatable bonds is 5. The minimum Gasteiger partial charge on any atom is -0.409 e. The van der Waals surface area contributed by atoms with Gasteiger partial charge in [0.25, 0.3) is 0 Å². The average Bonchev–Trinajstić information content (AvgIpc) is 2.99. The summed E-state index contributed by atoms with van der Waals surface area (Å²) < 4.78 is 0. The lowest BCUT2D eigenvalue weighted by molar-refractivity contribution is 0.209. The number of oxime groups is 1. The highest BCUT2D eigenvalue weighted by molar-refractivity contribution is 5.81. The zero-order valence-corrected chi connectivity index (χ0v) is 10.5. The molecule has 0 radical (unpaired) electrons. The average molecular weight is 253 g/mol. The number of tetrazole rings is 1. The van der Waals surface area contributed by atoms with Crippen LogP contribution in [0, 0.1) is 0 Å². The predicted molar refractivity (Wildman–Crippen MR) is 64.9 cm³/mol. The normalized spacial score (nSPS) is 17.8. The van der Waals surface area contributed by atoms with Crippen LogP contribution in [0.1, 0.15) is 31.5 Å². The largest absolute Gasteiger partial charge is 0.409 e. The summed E-state index contributed by atoms with van der Waals surface area (Å²) in [5.41, 5.74) is 5.60. The van der Waals surface area contributed by atoms with Gasteiger partial charge in [-0.25, -0.2) is 0 Å². The molecule has 1 aliphatic rings. The lowest BCUT2D eigenvalue weighted by Gasteiger charge is -2.26. The minimum atomic E-state index is 0.214. The first-order valence-corrected chi connectivity index (χ1v) is 6.12. The molecule has 100 valence electrons. The molecule has 0 unspecified atom stereocenters. The third-order valence-electron chi connectivity index (χ3n) is 3.23. The molecule has 1 fully saturated rings. The number of nitrogens with two attached hydrogens (primary N) is 1. The van der Waals surface area contributed by atoms with E-state index in [2.05, 4.69) is 25.5 Å². The van der Waals surface area contributed by atoms with Crippen LogP contribution in [-0.4, -0.2) is 48.7 Å². The third-order valence-corrected chi connectivity index (χ3v) is 3.23. The standard InChI is InChI=1S/C10H19N7O/c1-16-13-10(12-15-16)7-17(6-9(11)14-18)8-4-2-3-5-8/h8,18H,2-7H2,1H3,(H2,11,14). The van der Waals surface area contributed by atoms with Gasteiger partial charge in [-0.3, -0.25) is 4.90 Å². The van der Waals surface area contributed by atoms with Crippen molar-refractivity contribution >= 4 is 5.84 Å². The van der Waals surface area contributed by atoms with Crippen LogP contribution < -0.4 is 5.73 Å². The second-order valence-electron chi connectivity index (χ2n) is 4.63. The van der Waals surface area contributed by atoms with E-state index in [4.69, 9.17) is 10.9 Å². The van der Waals surface area contributed by atoms with Crippen LogP contribution in [0.2, 0.25) is 0 Å². The number of hydrogen-bond acceptors (Lipinski definition) is 6. The molecule has 18 heavy (non-hydrogen) atoms. The van der Waals surface area contributed by atoms with E-state index < -0.39 is 0 Å². The van der Waals surface area contributed by atoms with Crippen molar-refractivity contribution in [3.63, 3.8) is 0 Å². The molecule has 0 saturated heterocycles. The smallest absolute Gasteiger partial charge is 0.188 e. The Morgan fingerprint density at radius 1 is 1.56 bits per heavy atom. The number of aryl methyl sites for hydroxylation is 1. The van der Waals surface area contributed by atoms with Gasteiger partial charge in [-0.1, -0.05) is 18.0 Å². The summed E-state index contributed by atoms with van der Waals surface area (Å²) in [4.78, 5) is 3.59. The highest BCUT2D eigenvalue weighted by Gasteiger charge is 2.24. The van der Waals surface area contributed by atoms with E-state index in [9.17, 15) is 0 Å². The van der Waals surface area contributed by atoms with E-state index in [1.54, 1.807) is 7.05 Å². The number of hydrogen-bond donors (Lipinski definition) is 2. The Morgan fingerprint density at radius 2 is 2.28 bits per heavy atom. The second-order valence-corrected chi connectivity index (χ2v) is 4.63. The van der Waals surface area contributed by atoms with Gasteiger partial charge >= 0.3 is 0 Å². The first-order chi connectivity index (χ1) is 8.69. The fraction of sp³-hybridized carbons (Fsp3) is 0.800. The molecule has 0 aliphatic heterocycles. The summed E-state index contributed by atoms with van der Waals surface area (Å²) in [6.07, 6.45) is 4.73. The van der Waals surface area contributed by atoms with Crippen molar-refractivity contribution in [2.24, 2.45) is 17.9 Å². The van der Waals surface area contributed by atoms with Crippen molar-refractivity contribution in [2.75, 3.05) is 6.54 Å². The topological polar surface area (TPSA) is 105 Å². The number of amidine groups is 1. The number of aromatic nitrogens is 4. The fourth-order valence-corrected chi connectivity index (χ4v) is 2.39. The summed E-state index contributed by atoms with van der Waals surface area (Å²) in [7, 11) is 1.74. The molecule has 1 aliphatic carbocycles. The van der Waals surface area contributed by atoms with Gasteiger partial charge in [0, 0.05) is 6.04 Å². The van der Waals surface area contributed by atoms with Crippen LogP contribution in [0.4, 0.5) is 0 Å². The quantitative estimate of drug-likeness (QED) is 0.323. The van der Waals surface area contributed by atoms with Crippen molar-refractivity contribution in [3.05, 3.63) is 5.82 Å². The first kappa shape index (κ1) is 12.7. The van der Waals surface area contributed by atoms with E-state index in [0.29, 0.717) is 25.0 Å². The molecular weight excluding hydrogens is 234 g/mol. The van der Waals surface area contributed by atoms with Crippen LogP contribution in [0.5, 0.6) is 0 Å². The van der Waals surface area contributed by atoms with Crippen molar-refractivity contribution in [2.45, 2.75) is 38.3 Å². The van der Waals surface area contributed by atoms with Crippen molar-refractivity contribution in [1.82, 2.24) is 25.1 Å². The van der Waals surface area contributed by atoms with E-state index in [1.807, 2.05) is 0 Å². The van der Waals surface area contributed by atoms with Gasteiger partial charge in [-0.05, 0) is 18.1 Å². The fourth-order valence-electron chi connectivity index (χ4n) is 2.39. The Morgan fingerprint density at radius 3 is 2.83 bits per heavy atom. The monoisotopic (exact) mass is 253 g/mol. The molecule has 0 amide bonds. The molecule has 1 aromatic heterocycles. The maximum absolute atomic E-state index is 8.69. The second kappa shape index (κ2) is 5.76. The molecular formula is C10H19N7O. The molecule has 8 nitrogen and oxygen atoms in total. The van der Waals surface area contributed by atoms with Gasteiger partial charge in [0.2, 0.25) is 0 Å².